The number of rotatable bonds is 5. The zero-order valence-electron chi connectivity index (χ0n) is 10.3. The summed E-state index contributed by atoms with van der Waals surface area (Å²) in [4.78, 5) is 2.35. The first-order valence-electron chi connectivity index (χ1n) is 6.16. The molecule has 1 fully saturated rings. The van der Waals surface area contributed by atoms with Gasteiger partial charge in [-0.25, -0.2) is 0 Å². The van der Waals surface area contributed by atoms with Crippen molar-refractivity contribution >= 4 is 0 Å². The highest BCUT2D eigenvalue weighted by molar-refractivity contribution is 5.19. The summed E-state index contributed by atoms with van der Waals surface area (Å²) < 4.78 is 5.70. The Hall–Kier alpha value is -0.800. The highest BCUT2D eigenvalue weighted by atomic mass is 16.3. The number of hydrogen-bond donors (Lipinski definition) is 1. The van der Waals surface area contributed by atoms with Crippen LogP contribution < -0.4 is 5.73 Å². The standard InChI is InChI=1S/C13H22N2O/c1-10-6-12(16-13(10)7-14)9-15(2)8-11-4-3-5-11/h6,11H,3-5,7-9,14H2,1-2H3. The molecule has 2 rings (SSSR count). The quantitative estimate of drug-likeness (QED) is 0.831. The lowest BCUT2D eigenvalue weighted by molar-refractivity contribution is 0.190. The molecule has 0 spiro atoms. The minimum atomic E-state index is 0.498. The lowest BCUT2D eigenvalue weighted by atomic mass is 9.85. The van der Waals surface area contributed by atoms with E-state index < -0.39 is 0 Å². The van der Waals surface area contributed by atoms with Gasteiger partial charge in [-0.3, -0.25) is 4.90 Å². The molecular weight excluding hydrogens is 200 g/mol. The first kappa shape index (κ1) is 11.7. The van der Waals surface area contributed by atoms with Crippen LogP contribution in [0.3, 0.4) is 0 Å². The number of furan rings is 1. The molecule has 3 nitrogen and oxygen atoms in total. The molecule has 0 amide bonds. The highest BCUT2D eigenvalue weighted by Crippen LogP contribution is 2.27. The summed E-state index contributed by atoms with van der Waals surface area (Å²) in [6.45, 7) is 4.65. The molecule has 0 radical (unpaired) electrons. The average molecular weight is 222 g/mol. The Morgan fingerprint density at radius 2 is 2.25 bits per heavy atom. The van der Waals surface area contributed by atoms with Crippen molar-refractivity contribution in [1.82, 2.24) is 4.90 Å². The fourth-order valence-corrected chi connectivity index (χ4v) is 2.32. The van der Waals surface area contributed by atoms with Crippen LogP contribution >= 0.6 is 0 Å². The first-order chi connectivity index (χ1) is 7.69. The molecular formula is C13H22N2O. The van der Waals surface area contributed by atoms with Crippen molar-refractivity contribution in [2.75, 3.05) is 13.6 Å². The van der Waals surface area contributed by atoms with E-state index in [4.69, 9.17) is 10.2 Å². The second-order valence-corrected chi connectivity index (χ2v) is 5.02. The lowest BCUT2D eigenvalue weighted by Crippen LogP contribution is -2.28. The first-order valence-corrected chi connectivity index (χ1v) is 6.16. The largest absolute Gasteiger partial charge is 0.463 e. The summed E-state index contributed by atoms with van der Waals surface area (Å²) in [7, 11) is 2.16. The van der Waals surface area contributed by atoms with Gasteiger partial charge in [-0.05, 0) is 44.4 Å². The molecule has 1 aliphatic carbocycles. The maximum Gasteiger partial charge on any atom is 0.120 e. The number of hydrogen-bond acceptors (Lipinski definition) is 3. The predicted octanol–water partition coefficient (Wildman–Crippen LogP) is 2.28. The maximum absolute atomic E-state index is 5.70. The van der Waals surface area contributed by atoms with Gasteiger partial charge in [0, 0.05) is 6.54 Å². The summed E-state index contributed by atoms with van der Waals surface area (Å²) in [5, 5.41) is 0. The van der Waals surface area contributed by atoms with Gasteiger partial charge < -0.3 is 10.2 Å². The molecule has 1 aromatic heterocycles. The van der Waals surface area contributed by atoms with Gasteiger partial charge in [0.15, 0.2) is 0 Å². The molecule has 90 valence electrons. The molecule has 16 heavy (non-hydrogen) atoms. The van der Waals surface area contributed by atoms with E-state index in [0.29, 0.717) is 6.54 Å². The lowest BCUT2D eigenvalue weighted by Gasteiger charge is -2.29. The Kier molecular flexibility index (Phi) is 3.66. The van der Waals surface area contributed by atoms with Crippen LogP contribution in [0.4, 0.5) is 0 Å². The van der Waals surface area contributed by atoms with Crippen LogP contribution in [0.15, 0.2) is 10.5 Å². The van der Waals surface area contributed by atoms with Crippen molar-refractivity contribution in [3.63, 3.8) is 0 Å². The Labute approximate surface area is 97.6 Å². The van der Waals surface area contributed by atoms with Gasteiger partial charge in [0.1, 0.15) is 11.5 Å². The monoisotopic (exact) mass is 222 g/mol. The molecule has 0 atom stereocenters. The fourth-order valence-electron chi connectivity index (χ4n) is 2.32. The van der Waals surface area contributed by atoms with Crippen LogP contribution in [0, 0.1) is 12.8 Å². The number of nitrogens with two attached hydrogens (primary N) is 1. The summed E-state index contributed by atoms with van der Waals surface area (Å²) in [6.07, 6.45) is 4.21. The van der Waals surface area contributed by atoms with E-state index >= 15 is 0 Å². The summed E-state index contributed by atoms with van der Waals surface area (Å²) in [5.74, 6) is 2.88. The Bertz CT molecular complexity index is 342. The van der Waals surface area contributed by atoms with Gasteiger partial charge in [0.2, 0.25) is 0 Å². The smallest absolute Gasteiger partial charge is 0.120 e. The van der Waals surface area contributed by atoms with Crippen LogP contribution in [0.2, 0.25) is 0 Å². The SMILES string of the molecule is Cc1cc(CN(C)CC2CCC2)oc1CN. The van der Waals surface area contributed by atoms with Gasteiger partial charge in [-0.1, -0.05) is 6.42 Å². The molecule has 2 N–H and O–H groups in total. The van der Waals surface area contributed by atoms with E-state index in [9.17, 15) is 0 Å². The third-order valence-electron chi connectivity index (χ3n) is 3.48. The van der Waals surface area contributed by atoms with Crippen molar-refractivity contribution in [3.8, 4) is 0 Å². The molecule has 0 aromatic carbocycles. The van der Waals surface area contributed by atoms with E-state index in [1.807, 2.05) is 0 Å². The molecule has 0 bridgehead atoms. The molecule has 3 heteroatoms. The Morgan fingerprint density at radius 3 is 2.75 bits per heavy atom. The Morgan fingerprint density at radius 1 is 1.50 bits per heavy atom. The summed E-state index contributed by atoms with van der Waals surface area (Å²) in [6, 6.07) is 2.11. The molecule has 1 aromatic rings. The predicted molar refractivity (Wildman–Crippen MR) is 65.0 cm³/mol. The normalized spacial score (nSPS) is 16.8. The zero-order valence-corrected chi connectivity index (χ0v) is 10.3. The van der Waals surface area contributed by atoms with E-state index in [2.05, 4.69) is 24.9 Å². The third-order valence-corrected chi connectivity index (χ3v) is 3.48. The molecule has 1 saturated carbocycles. The van der Waals surface area contributed by atoms with Gasteiger partial charge in [-0.15, -0.1) is 0 Å². The second-order valence-electron chi connectivity index (χ2n) is 5.02. The van der Waals surface area contributed by atoms with E-state index in [1.165, 1.54) is 31.4 Å². The molecule has 1 heterocycles. The van der Waals surface area contributed by atoms with E-state index in [-0.39, 0.29) is 0 Å². The topological polar surface area (TPSA) is 42.4 Å². The van der Waals surface area contributed by atoms with Gasteiger partial charge in [0.25, 0.3) is 0 Å². The molecule has 0 unspecified atom stereocenters. The molecule has 1 aliphatic rings. The summed E-state index contributed by atoms with van der Waals surface area (Å²) in [5.41, 5.74) is 6.77. The van der Waals surface area contributed by atoms with Crippen LogP contribution in [0.5, 0.6) is 0 Å². The third kappa shape index (κ3) is 2.66. The van der Waals surface area contributed by atoms with Gasteiger partial charge in [-0.2, -0.15) is 0 Å². The van der Waals surface area contributed by atoms with Crippen LogP contribution in [0.25, 0.3) is 0 Å². The van der Waals surface area contributed by atoms with Gasteiger partial charge in [0.05, 0.1) is 13.1 Å². The average Bonchev–Trinajstić information content (AvgIpc) is 2.52. The minimum Gasteiger partial charge on any atom is -0.463 e. The Balaban J connectivity index is 1.86. The van der Waals surface area contributed by atoms with Crippen molar-refractivity contribution < 1.29 is 4.42 Å². The van der Waals surface area contributed by atoms with Crippen molar-refractivity contribution in [2.24, 2.45) is 11.7 Å². The van der Waals surface area contributed by atoms with E-state index in [0.717, 1.165) is 24.0 Å². The molecule has 0 aliphatic heterocycles. The van der Waals surface area contributed by atoms with Crippen LogP contribution in [-0.4, -0.2) is 18.5 Å². The number of nitrogens with zero attached hydrogens (tertiary/aromatic N) is 1. The fraction of sp³-hybridized carbons (Fsp3) is 0.692. The maximum atomic E-state index is 5.70. The second kappa shape index (κ2) is 5.02. The van der Waals surface area contributed by atoms with Crippen LogP contribution in [-0.2, 0) is 13.1 Å². The molecule has 0 saturated heterocycles. The highest BCUT2D eigenvalue weighted by Gasteiger charge is 2.19. The minimum absolute atomic E-state index is 0.498. The summed E-state index contributed by atoms with van der Waals surface area (Å²) >= 11 is 0. The zero-order chi connectivity index (χ0) is 11.5. The van der Waals surface area contributed by atoms with Crippen molar-refractivity contribution in [1.29, 1.82) is 0 Å². The van der Waals surface area contributed by atoms with Crippen molar-refractivity contribution in [3.05, 3.63) is 23.2 Å². The van der Waals surface area contributed by atoms with Crippen molar-refractivity contribution in [2.45, 2.75) is 39.3 Å². The van der Waals surface area contributed by atoms with E-state index in [1.54, 1.807) is 0 Å². The van der Waals surface area contributed by atoms with Gasteiger partial charge >= 0.3 is 0 Å². The van der Waals surface area contributed by atoms with Crippen LogP contribution in [0.1, 0.15) is 36.3 Å². The number of aryl methyl sites for hydroxylation is 1.